The number of nitrogens with zero attached hydrogens (tertiary/aromatic N) is 2. The Balaban J connectivity index is 3.05. The zero-order chi connectivity index (χ0) is 12.8. The molecule has 1 aromatic rings. The van der Waals surface area contributed by atoms with Gasteiger partial charge in [0.05, 0.1) is 5.69 Å². The van der Waals surface area contributed by atoms with Crippen LogP contribution >= 0.6 is 34.4 Å². The molecule has 0 aliphatic carbocycles. The zero-order valence-corrected chi connectivity index (χ0v) is 13.0. The Hall–Kier alpha value is -0.630. The van der Waals surface area contributed by atoms with E-state index in [0.29, 0.717) is 9.76 Å². The Morgan fingerprint density at radius 3 is 2.82 bits per heavy atom. The lowest BCUT2D eigenvalue weighted by Gasteiger charge is -2.08. The van der Waals surface area contributed by atoms with Gasteiger partial charge in [-0.05, 0) is 48.8 Å². The van der Waals surface area contributed by atoms with Crippen LogP contribution < -0.4 is 5.32 Å². The van der Waals surface area contributed by atoms with Gasteiger partial charge in [0.25, 0.3) is 0 Å². The van der Waals surface area contributed by atoms with Crippen molar-refractivity contribution in [1.82, 2.24) is 15.3 Å². The molecule has 0 saturated heterocycles. The number of rotatable bonds is 5. The van der Waals surface area contributed by atoms with Gasteiger partial charge < -0.3 is 5.32 Å². The number of aromatic nitrogens is 2. The summed E-state index contributed by atoms with van der Waals surface area (Å²) in [7, 11) is 0. The molecular formula is C11H15IN4S. The largest absolute Gasteiger partial charge is 0.388 e. The van der Waals surface area contributed by atoms with Crippen molar-refractivity contribution in [2.24, 2.45) is 0 Å². The molecule has 2 N–H and O–H groups in total. The van der Waals surface area contributed by atoms with Crippen molar-refractivity contribution in [3.8, 4) is 0 Å². The van der Waals surface area contributed by atoms with Crippen LogP contribution in [0.1, 0.15) is 19.5 Å². The summed E-state index contributed by atoms with van der Waals surface area (Å²) < 4.78 is 0.460. The summed E-state index contributed by atoms with van der Waals surface area (Å²) >= 11 is 3.48. The molecule has 0 aliphatic heterocycles. The van der Waals surface area contributed by atoms with Crippen molar-refractivity contribution in [3.63, 3.8) is 0 Å². The molecule has 6 heteroatoms. The van der Waals surface area contributed by atoms with Crippen molar-refractivity contribution in [3.05, 3.63) is 24.2 Å². The highest BCUT2D eigenvalue weighted by molar-refractivity contribution is 14.1. The van der Waals surface area contributed by atoms with Gasteiger partial charge >= 0.3 is 0 Å². The van der Waals surface area contributed by atoms with E-state index in [4.69, 9.17) is 5.41 Å². The highest BCUT2D eigenvalue weighted by Gasteiger charge is 2.08. The first-order valence-corrected chi connectivity index (χ1v) is 7.43. The molecule has 92 valence electrons. The van der Waals surface area contributed by atoms with Crippen molar-refractivity contribution >= 4 is 43.6 Å². The molecule has 0 amide bonds. The summed E-state index contributed by atoms with van der Waals surface area (Å²) in [4.78, 5) is 8.51. The maximum absolute atomic E-state index is 7.77. The third-order valence-corrected chi connectivity index (χ3v) is 3.03. The minimum atomic E-state index is 0.336. The molecule has 0 radical (unpaired) electrons. The van der Waals surface area contributed by atoms with Gasteiger partial charge in [-0.15, -0.1) is 0 Å². The van der Waals surface area contributed by atoms with Crippen molar-refractivity contribution in [2.75, 3.05) is 6.26 Å². The van der Waals surface area contributed by atoms with Crippen LogP contribution in [0.5, 0.6) is 0 Å². The van der Waals surface area contributed by atoms with Crippen molar-refractivity contribution in [2.45, 2.75) is 25.0 Å². The first-order chi connectivity index (χ1) is 8.04. The monoisotopic (exact) mass is 362 g/mol. The Bertz CT molecular complexity index is 431. The van der Waals surface area contributed by atoms with Crippen molar-refractivity contribution < 1.29 is 0 Å². The number of hydrogen-bond donors (Lipinski definition) is 2. The van der Waals surface area contributed by atoms with E-state index in [1.54, 1.807) is 6.20 Å². The second-order valence-electron chi connectivity index (χ2n) is 3.62. The fourth-order valence-electron chi connectivity index (χ4n) is 1.09. The minimum Gasteiger partial charge on any atom is -0.388 e. The minimum absolute atomic E-state index is 0.336. The van der Waals surface area contributed by atoms with Crippen LogP contribution in [0.15, 0.2) is 23.6 Å². The maximum atomic E-state index is 7.77. The van der Waals surface area contributed by atoms with Crippen LogP contribution in [0.2, 0.25) is 0 Å². The fourth-order valence-corrected chi connectivity index (χ4v) is 1.88. The third kappa shape index (κ3) is 4.63. The average molecular weight is 362 g/mol. The Kier molecular flexibility index (Phi) is 5.90. The molecule has 0 atom stereocenters. The Labute approximate surface area is 119 Å². The standard InChI is InChI=1S/C11H15IN4S/c1-7(2)15-6-8(10(12)13)9-4-5-14-11(16-9)17-3/h4-7,13,15H,1-3H3/b8-6-,13-10?. The Morgan fingerprint density at radius 2 is 2.29 bits per heavy atom. The van der Waals surface area contributed by atoms with E-state index < -0.39 is 0 Å². The number of allylic oxidation sites excluding steroid dienone is 1. The van der Waals surface area contributed by atoms with Crippen LogP contribution in [0.25, 0.3) is 5.57 Å². The predicted octanol–water partition coefficient (Wildman–Crippen LogP) is 2.95. The van der Waals surface area contributed by atoms with Crippen LogP contribution in [0.3, 0.4) is 0 Å². The van der Waals surface area contributed by atoms with Gasteiger partial charge in [0.1, 0.15) is 3.72 Å². The number of halogens is 1. The summed E-state index contributed by atoms with van der Waals surface area (Å²) in [6, 6.07) is 2.16. The van der Waals surface area contributed by atoms with E-state index in [2.05, 4.69) is 29.1 Å². The SMILES string of the molecule is CSc1nccc(/C(=C/NC(C)C)C(=N)I)n1. The van der Waals surface area contributed by atoms with E-state index in [1.807, 2.05) is 41.1 Å². The lowest BCUT2D eigenvalue weighted by molar-refractivity contribution is 0.704. The molecule has 0 fully saturated rings. The fraction of sp³-hybridized carbons (Fsp3) is 0.364. The van der Waals surface area contributed by atoms with Crippen molar-refractivity contribution in [1.29, 1.82) is 5.41 Å². The molecule has 0 bridgehead atoms. The number of nitrogens with one attached hydrogen (secondary N) is 2. The van der Waals surface area contributed by atoms with Crippen LogP contribution in [0, 0.1) is 5.41 Å². The topological polar surface area (TPSA) is 61.7 Å². The molecule has 4 nitrogen and oxygen atoms in total. The molecule has 0 aromatic carbocycles. The summed E-state index contributed by atoms with van der Waals surface area (Å²) in [5, 5.41) is 11.7. The van der Waals surface area contributed by atoms with E-state index in [0.717, 1.165) is 16.4 Å². The van der Waals surface area contributed by atoms with Gasteiger partial charge in [-0.2, -0.15) is 0 Å². The molecule has 17 heavy (non-hydrogen) atoms. The molecule has 0 aliphatic rings. The Morgan fingerprint density at radius 1 is 1.59 bits per heavy atom. The maximum Gasteiger partial charge on any atom is 0.187 e. The first-order valence-electron chi connectivity index (χ1n) is 5.12. The summed E-state index contributed by atoms with van der Waals surface area (Å²) in [6.07, 6.45) is 5.49. The van der Waals surface area contributed by atoms with E-state index in [-0.39, 0.29) is 0 Å². The molecule has 0 spiro atoms. The van der Waals surface area contributed by atoms with Gasteiger partial charge in [0.2, 0.25) is 0 Å². The first kappa shape index (κ1) is 14.4. The molecule has 1 heterocycles. The van der Waals surface area contributed by atoms with Crippen LogP contribution in [-0.4, -0.2) is 26.0 Å². The number of thioether (sulfide) groups is 1. The predicted molar refractivity (Wildman–Crippen MR) is 81.8 cm³/mol. The second kappa shape index (κ2) is 6.95. The van der Waals surface area contributed by atoms with E-state index in [9.17, 15) is 0 Å². The smallest absolute Gasteiger partial charge is 0.187 e. The normalized spacial score (nSPS) is 11.7. The van der Waals surface area contributed by atoms with Gasteiger partial charge in [-0.25, -0.2) is 9.97 Å². The molecular weight excluding hydrogens is 347 g/mol. The summed E-state index contributed by atoms with van der Waals surface area (Å²) in [6.45, 7) is 4.11. The average Bonchev–Trinajstić information content (AvgIpc) is 2.28. The highest BCUT2D eigenvalue weighted by atomic mass is 127. The van der Waals surface area contributed by atoms with Crippen LogP contribution in [0.4, 0.5) is 0 Å². The van der Waals surface area contributed by atoms with Gasteiger partial charge in [0.15, 0.2) is 5.16 Å². The zero-order valence-electron chi connectivity index (χ0n) is 9.99. The molecule has 0 saturated carbocycles. The van der Waals surface area contributed by atoms with Crippen LogP contribution in [-0.2, 0) is 0 Å². The third-order valence-electron chi connectivity index (χ3n) is 1.89. The molecule has 1 aromatic heterocycles. The second-order valence-corrected chi connectivity index (χ2v) is 5.47. The lowest BCUT2D eigenvalue weighted by Crippen LogP contribution is -2.17. The van der Waals surface area contributed by atoms with Gasteiger partial charge in [-0.3, -0.25) is 5.41 Å². The van der Waals surface area contributed by atoms with Gasteiger partial charge in [0, 0.05) is 24.0 Å². The quantitative estimate of drug-likeness (QED) is 0.366. The number of hydrogen-bond acceptors (Lipinski definition) is 5. The van der Waals surface area contributed by atoms with E-state index >= 15 is 0 Å². The molecule has 0 unspecified atom stereocenters. The lowest BCUT2D eigenvalue weighted by atomic mass is 10.2. The van der Waals surface area contributed by atoms with E-state index in [1.165, 1.54) is 11.8 Å². The summed E-state index contributed by atoms with van der Waals surface area (Å²) in [5.74, 6) is 0. The highest BCUT2D eigenvalue weighted by Crippen LogP contribution is 2.18. The summed E-state index contributed by atoms with van der Waals surface area (Å²) in [5.41, 5.74) is 1.56. The molecule has 1 rings (SSSR count). The van der Waals surface area contributed by atoms with Gasteiger partial charge in [-0.1, -0.05) is 11.8 Å².